The summed E-state index contributed by atoms with van der Waals surface area (Å²) in [6, 6.07) is 5.69. The van der Waals surface area contributed by atoms with Gasteiger partial charge < -0.3 is 10.6 Å². The standard InChI is InChI=1S/C14H18N2O2/c1-9(2)8-15-13(17)6-10-3-4-12-11(5-10)7-14(18)16-12/h3-5,9H,6-8H2,1-2H3,(H,15,17)(H,16,18). The lowest BCUT2D eigenvalue weighted by atomic mass is 10.1. The summed E-state index contributed by atoms with van der Waals surface area (Å²) in [6.07, 6.45) is 0.783. The molecule has 0 unspecified atom stereocenters. The van der Waals surface area contributed by atoms with Crippen LogP contribution in [-0.2, 0) is 22.4 Å². The van der Waals surface area contributed by atoms with Crippen LogP contribution in [0.3, 0.4) is 0 Å². The maximum Gasteiger partial charge on any atom is 0.228 e. The Hall–Kier alpha value is -1.84. The molecule has 0 saturated heterocycles. The van der Waals surface area contributed by atoms with E-state index in [4.69, 9.17) is 0 Å². The van der Waals surface area contributed by atoms with Crippen LogP contribution in [0.5, 0.6) is 0 Å². The molecule has 1 aromatic rings. The number of rotatable bonds is 4. The molecule has 18 heavy (non-hydrogen) atoms. The number of nitrogens with one attached hydrogen (secondary N) is 2. The molecular weight excluding hydrogens is 228 g/mol. The molecule has 2 N–H and O–H groups in total. The Morgan fingerprint density at radius 2 is 2.22 bits per heavy atom. The maximum absolute atomic E-state index is 11.7. The average molecular weight is 246 g/mol. The number of hydrogen-bond acceptors (Lipinski definition) is 2. The molecule has 4 nitrogen and oxygen atoms in total. The van der Waals surface area contributed by atoms with E-state index >= 15 is 0 Å². The smallest absolute Gasteiger partial charge is 0.228 e. The third-order valence-electron chi connectivity index (χ3n) is 2.87. The first-order valence-electron chi connectivity index (χ1n) is 6.23. The van der Waals surface area contributed by atoms with Gasteiger partial charge >= 0.3 is 0 Å². The topological polar surface area (TPSA) is 58.2 Å². The maximum atomic E-state index is 11.7. The van der Waals surface area contributed by atoms with Crippen molar-refractivity contribution in [3.05, 3.63) is 29.3 Å². The van der Waals surface area contributed by atoms with Crippen molar-refractivity contribution in [3.8, 4) is 0 Å². The second-order valence-electron chi connectivity index (χ2n) is 5.09. The van der Waals surface area contributed by atoms with Crippen LogP contribution in [-0.4, -0.2) is 18.4 Å². The van der Waals surface area contributed by atoms with E-state index in [2.05, 4.69) is 24.5 Å². The van der Waals surface area contributed by atoms with Gasteiger partial charge in [0.1, 0.15) is 0 Å². The van der Waals surface area contributed by atoms with Crippen molar-refractivity contribution in [1.82, 2.24) is 5.32 Å². The molecule has 2 rings (SSSR count). The molecule has 1 aliphatic heterocycles. The number of carbonyl (C=O) groups excluding carboxylic acids is 2. The van der Waals surface area contributed by atoms with Crippen LogP contribution in [0.2, 0.25) is 0 Å². The second kappa shape index (κ2) is 5.21. The highest BCUT2D eigenvalue weighted by atomic mass is 16.2. The fourth-order valence-corrected chi connectivity index (χ4v) is 1.96. The fraction of sp³-hybridized carbons (Fsp3) is 0.429. The van der Waals surface area contributed by atoms with Gasteiger partial charge in [0.2, 0.25) is 11.8 Å². The van der Waals surface area contributed by atoms with Crippen LogP contribution in [0.25, 0.3) is 0 Å². The SMILES string of the molecule is CC(C)CNC(=O)Cc1ccc2c(c1)CC(=O)N2. The van der Waals surface area contributed by atoms with E-state index < -0.39 is 0 Å². The molecule has 2 amide bonds. The third kappa shape index (κ3) is 3.09. The lowest BCUT2D eigenvalue weighted by Crippen LogP contribution is -2.28. The highest BCUT2D eigenvalue weighted by Crippen LogP contribution is 2.23. The van der Waals surface area contributed by atoms with E-state index in [-0.39, 0.29) is 11.8 Å². The van der Waals surface area contributed by atoms with Crippen molar-refractivity contribution in [2.45, 2.75) is 26.7 Å². The highest BCUT2D eigenvalue weighted by Gasteiger charge is 2.17. The molecule has 0 bridgehead atoms. The van der Waals surface area contributed by atoms with Crippen LogP contribution in [0.1, 0.15) is 25.0 Å². The predicted octanol–water partition coefficient (Wildman–Crippen LogP) is 1.50. The fourth-order valence-electron chi connectivity index (χ4n) is 1.96. The molecule has 0 aliphatic carbocycles. The minimum Gasteiger partial charge on any atom is -0.356 e. The van der Waals surface area contributed by atoms with Crippen LogP contribution >= 0.6 is 0 Å². The quantitative estimate of drug-likeness (QED) is 0.845. The largest absolute Gasteiger partial charge is 0.356 e. The zero-order chi connectivity index (χ0) is 13.1. The molecule has 1 aromatic carbocycles. The Kier molecular flexibility index (Phi) is 3.65. The Bertz CT molecular complexity index is 481. The molecule has 0 fully saturated rings. The van der Waals surface area contributed by atoms with Crippen molar-refractivity contribution < 1.29 is 9.59 Å². The minimum absolute atomic E-state index is 0.0198. The summed E-state index contributed by atoms with van der Waals surface area (Å²) in [4.78, 5) is 22.9. The molecule has 0 atom stereocenters. The summed E-state index contributed by atoms with van der Waals surface area (Å²) in [6.45, 7) is 4.82. The van der Waals surface area contributed by atoms with Crippen molar-refractivity contribution in [1.29, 1.82) is 0 Å². The van der Waals surface area contributed by atoms with Crippen molar-refractivity contribution >= 4 is 17.5 Å². The highest BCUT2D eigenvalue weighted by molar-refractivity contribution is 5.99. The minimum atomic E-state index is 0.0198. The van der Waals surface area contributed by atoms with E-state index in [0.717, 1.165) is 16.8 Å². The summed E-state index contributed by atoms with van der Waals surface area (Å²) < 4.78 is 0. The Morgan fingerprint density at radius 3 is 2.94 bits per heavy atom. The van der Waals surface area contributed by atoms with Crippen LogP contribution in [0, 0.1) is 5.92 Å². The van der Waals surface area contributed by atoms with Crippen molar-refractivity contribution in [2.24, 2.45) is 5.92 Å². The summed E-state index contributed by atoms with van der Waals surface area (Å²) >= 11 is 0. The number of anilines is 1. The van der Waals surface area contributed by atoms with Gasteiger partial charge in [0.05, 0.1) is 12.8 Å². The number of carbonyl (C=O) groups is 2. The molecular formula is C14H18N2O2. The molecule has 96 valence electrons. The van der Waals surface area contributed by atoms with Crippen LogP contribution < -0.4 is 10.6 Å². The average Bonchev–Trinajstić information content (AvgIpc) is 2.66. The molecule has 0 radical (unpaired) electrons. The van der Waals surface area contributed by atoms with E-state index in [1.165, 1.54) is 0 Å². The van der Waals surface area contributed by atoms with Crippen molar-refractivity contribution in [3.63, 3.8) is 0 Å². The Labute approximate surface area is 107 Å². The molecule has 0 saturated carbocycles. The Morgan fingerprint density at radius 1 is 1.44 bits per heavy atom. The van der Waals surface area contributed by atoms with Gasteiger partial charge in [-0.1, -0.05) is 26.0 Å². The van der Waals surface area contributed by atoms with Crippen LogP contribution in [0.4, 0.5) is 5.69 Å². The first kappa shape index (κ1) is 12.6. The lowest BCUT2D eigenvalue weighted by molar-refractivity contribution is -0.120. The molecule has 1 heterocycles. The number of benzene rings is 1. The van der Waals surface area contributed by atoms with Gasteiger partial charge in [0, 0.05) is 12.2 Å². The number of hydrogen-bond donors (Lipinski definition) is 2. The first-order chi connectivity index (χ1) is 8.54. The van der Waals surface area contributed by atoms with Crippen molar-refractivity contribution in [2.75, 3.05) is 11.9 Å². The molecule has 1 aliphatic rings. The molecule has 0 aromatic heterocycles. The van der Waals surface area contributed by atoms with Gasteiger partial charge in [0.25, 0.3) is 0 Å². The summed E-state index contributed by atoms with van der Waals surface area (Å²) in [5.74, 6) is 0.503. The van der Waals surface area contributed by atoms with E-state index in [1.807, 2.05) is 18.2 Å². The van der Waals surface area contributed by atoms with Crippen LogP contribution in [0.15, 0.2) is 18.2 Å². The van der Waals surface area contributed by atoms with Gasteiger partial charge in [0.15, 0.2) is 0 Å². The van der Waals surface area contributed by atoms with E-state index in [1.54, 1.807) is 0 Å². The van der Waals surface area contributed by atoms with E-state index in [9.17, 15) is 9.59 Å². The first-order valence-corrected chi connectivity index (χ1v) is 6.23. The lowest BCUT2D eigenvalue weighted by Gasteiger charge is -2.08. The summed E-state index contributed by atoms with van der Waals surface area (Å²) in [5.41, 5.74) is 2.80. The second-order valence-corrected chi connectivity index (χ2v) is 5.09. The molecule has 0 spiro atoms. The summed E-state index contributed by atoms with van der Waals surface area (Å²) in [5, 5.41) is 5.66. The summed E-state index contributed by atoms with van der Waals surface area (Å²) in [7, 11) is 0. The zero-order valence-corrected chi connectivity index (χ0v) is 10.7. The normalized spacial score (nSPS) is 13.4. The predicted molar refractivity (Wildman–Crippen MR) is 70.3 cm³/mol. The van der Waals surface area contributed by atoms with E-state index in [0.29, 0.717) is 25.3 Å². The number of amides is 2. The van der Waals surface area contributed by atoms with Gasteiger partial charge in [-0.25, -0.2) is 0 Å². The van der Waals surface area contributed by atoms with Gasteiger partial charge in [-0.05, 0) is 23.1 Å². The van der Waals surface area contributed by atoms with Gasteiger partial charge in [-0.3, -0.25) is 9.59 Å². The molecule has 4 heteroatoms. The van der Waals surface area contributed by atoms with Gasteiger partial charge in [-0.2, -0.15) is 0 Å². The van der Waals surface area contributed by atoms with Gasteiger partial charge in [-0.15, -0.1) is 0 Å². The monoisotopic (exact) mass is 246 g/mol. The zero-order valence-electron chi connectivity index (χ0n) is 10.7. The third-order valence-corrected chi connectivity index (χ3v) is 2.87. The number of fused-ring (bicyclic) bond motifs is 1. The Balaban J connectivity index is 1.97.